The highest BCUT2D eigenvalue weighted by molar-refractivity contribution is 6.04. The van der Waals surface area contributed by atoms with Crippen LogP contribution in [0.15, 0.2) is 72.8 Å². The molecular formula is C34H41N5O4. The highest BCUT2D eigenvalue weighted by Crippen LogP contribution is 2.27. The third kappa shape index (κ3) is 8.35. The quantitative estimate of drug-likeness (QED) is 0.272. The van der Waals surface area contributed by atoms with E-state index in [1.54, 1.807) is 37.3 Å². The number of carbonyl (C=O) groups is 3. The Bertz CT molecular complexity index is 1380. The summed E-state index contributed by atoms with van der Waals surface area (Å²) in [5, 5.41) is 8.91. The number of nitrogens with one attached hydrogen (secondary N) is 3. The Balaban J connectivity index is 1.26. The molecule has 3 aromatic carbocycles. The second kappa shape index (κ2) is 14.7. The van der Waals surface area contributed by atoms with Crippen molar-refractivity contribution >= 4 is 35.0 Å². The molecule has 0 radical (unpaired) electrons. The predicted octanol–water partition coefficient (Wildman–Crippen LogP) is 5.89. The maximum absolute atomic E-state index is 13.6. The summed E-state index contributed by atoms with van der Waals surface area (Å²) >= 11 is 0. The number of amides is 3. The van der Waals surface area contributed by atoms with E-state index in [1.807, 2.05) is 18.2 Å². The highest BCUT2D eigenvalue weighted by Gasteiger charge is 2.24. The van der Waals surface area contributed by atoms with E-state index < -0.39 is 12.0 Å². The summed E-state index contributed by atoms with van der Waals surface area (Å²) in [6.07, 6.45) is 5.46. The van der Waals surface area contributed by atoms with E-state index in [0.717, 1.165) is 64.1 Å². The van der Waals surface area contributed by atoms with E-state index >= 15 is 0 Å². The van der Waals surface area contributed by atoms with Crippen LogP contribution in [-0.2, 0) is 11.3 Å². The molecule has 2 aliphatic rings. The van der Waals surface area contributed by atoms with Crippen LogP contribution in [0, 0.1) is 0 Å². The van der Waals surface area contributed by atoms with Gasteiger partial charge in [-0.25, -0.2) is 9.59 Å². The molecule has 226 valence electrons. The first-order valence-electron chi connectivity index (χ1n) is 15.3. The summed E-state index contributed by atoms with van der Waals surface area (Å²) < 4.78 is 5.01. The van der Waals surface area contributed by atoms with Crippen molar-refractivity contribution in [1.29, 1.82) is 0 Å². The zero-order chi connectivity index (χ0) is 30.0. The number of benzene rings is 3. The van der Waals surface area contributed by atoms with Gasteiger partial charge in [0.2, 0.25) is 0 Å². The maximum Gasteiger partial charge on any atom is 0.338 e. The molecule has 2 fully saturated rings. The van der Waals surface area contributed by atoms with E-state index in [0.29, 0.717) is 29.1 Å². The van der Waals surface area contributed by atoms with Gasteiger partial charge in [-0.1, -0.05) is 49.6 Å². The molecular weight excluding hydrogens is 542 g/mol. The summed E-state index contributed by atoms with van der Waals surface area (Å²) in [5.41, 5.74) is 4.23. The number of rotatable bonds is 9. The number of piperazine rings is 1. The van der Waals surface area contributed by atoms with Gasteiger partial charge in [-0.05, 0) is 67.8 Å². The molecule has 1 saturated heterocycles. The molecule has 3 aromatic rings. The average Bonchev–Trinajstić information content (AvgIpc) is 3.03. The van der Waals surface area contributed by atoms with Gasteiger partial charge >= 0.3 is 12.0 Å². The maximum atomic E-state index is 13.6. The lowest BCUT2D eigenvalue weighted by atomic mass is 9.95. The van der Waals surface area contributed by atoms with Crippen LogP contribution in [0.4, 0.5) is 21.9 Å². The average molecular weight is 584 g/mol. The monoisotopic (exact) mass is 583 g/mol. The molecule has 0 bridgehead atoms. The first kappa shape index (κ1) is 30.1. The number of hydrogen-bond acceptors (Lipinski definition) is 6. The molecule has 0 unspecified atom stereocenters. The molecule has 5 rings (SSSR count). The molecule has 3 amide bonds. The van der Waals surface area contributed by atoms with Crippen molar-refractivity contribution in [1.82, 2.24) is 10.2 Å². The molecule has 1 aliphatic carbocycles. The normalized spacial score (nSPS) is 15.9. The van der Waals surface area contributed by atoms with Crippen molar-refractivity contribution in [3.8, 4) is 0 Å². The van der Waals surface area contributed by atoms with Gasteiger partial charge in [0.05, 0.1) is 17.7 Å². The molecule has 1 heterocycles. The van der Waals surface area contributed by atoms with Crippen LogP contribution in [0.25, 0.3) is 0 Å². The smallest absolute Gasteiger partial charge is 0.338 e. The van der Waals surface area contributed by atoms with Crippen LogP contribution in [0.1, 0.15) is 65.3 Å². The number of nitrogens with zero attached hydrogens (tertiary/aromatic N) is 2. The Kier molecular flexibility index (Phi) is 10.3. The number of esters is 1. The molecule has 1 saturated carbocycles. The lowest BCUT2D eigenvalue weighted by Crippen LogP contribution is -2.46. The molecule has 0 aromatic heterocycles. The number of carbonyl (C=O) groups excluding carboxylic acids is 3. The third-order valence-corrected chi connectivity index (χ3v) is 8.06. The van der Waals surface area contributed by atoms with Crippen LogP contribution in [0.2, 0.25) is 0 Å². The van der Waals surface area contributed by atoms with E-state index in [1.165, 1.54) is 12.0 Å². The summed E-state index contributed by atoms with van der Waals surface area (Å²) in [4.78, 5) is 43.1. The zero-order valence-electron chi connectivity index (χ0n) is 24.8. The number of urea groups is 1. The first-order valence-corrected chi connectivity index (χ1v) is 15.3. The van der Waals surface area contributed by atoms with Gasteiger partial charge in [-0.15, -0.1) is 0 Å². The van der Waals surface area contributed by atoms with Crippen LogP contribution in [0.5, 0.6) is 0 Å². The van der Waals surface area contributed by atoms with Crippen molar-refractivity contribution in [3.05, 3.63) is 89.5 Å². The topological polar surface area (TPSA) is 103 Å². The van der Waals surface area contributed by atoms with E-state index in [9.17, 15) is 14.4 Å². The minimum Gasteiger partial charge on any atom is -0.462 e. The Morgan fingerprint density at radius 2 is 1.49 bits per heavy atom. The molecule has 9 nitrogen and oxygen atoms in total. The summed E-state index contributed by atoms with van der Waals surface area (Å²) in [6.45, 7) is 6.38. The van der Waals surface area contributed by atoms with Gasteiger partial charge in [0.15, 0.2) is 0 Å². The lowest BCUT2D eigenvalue weighted by Gasteiger charge is -2.37. The van der Waals surface area contributed by atoms with Crippen molar-refractivity contribution < 1.29 is 19.1 Å². The zero-order valence-corrected chi connectivity index (χ0v) is 24.8. The van der Waals surface area contributed by atoms with Gasteiger partial charge in [-0.3, -0.25) is 9.69 Å². The largest absolute Gasteiger partial charge is 0.462 e. The predicted molar refractivity (Wildman–Crippen MR) is 170 cm³/mol. The summed E-state index contributed by atoms with van der Waals surface area (Å²) in [7, 11) is 0. The van der Waals surface area contributed by atoms with Crippen molar-refractivity contribution in [2.75, 3.05) is 48.3 Å². The minimum absolute atomic E-state index is 0.104. The summed E-state index contributed by atoms with van der Waals surface area (Å²) in [5.74, 6) is -0.512. The number of ether oxygens (including phenoxy) is 1. The Morgan fingerprint density at radius 1 is 0.814 bits per heavy atom. The Morgan fingerprint density at radius 3 is 2.19 bits per heavy atom. The van der Waals surface area contributed by atoms with Crippen LogP contribution >= 0.6 is 0 Å². The molecule has 43 heavy (non-hydrogen) atoms. The molecule has 0 spiro atoms. The fourth-order valence-corrected chi connectivity index (χ4v) is 5.77. The van der Waals surface area contributed by atoms with Gasteiger partial charge in [0.25, 0.3) is 5.91 Å². The van der Waals surface area contributed by atoms with Crippen LogP contribution in [0.3, 0.4) is 0 Å². The Hall–Kier alpha value is -4.37. The van der Waals surface area contributed by atoms with Crippen molar-refractivity contribution in [2.24, 2.45) is 0 Å². The van der Waals surface area contributed by atoms with Gasteiger partial charge in [-0.2, -0.15) is 0 Å². The van der Waals surface area contributed by atoms with E-state index in [2.05, 4.69) is 50.0 Å². The SMILES string of the molecule is CCOC(=O)c1ccc(NC(=O)Nc2ccc(N3CCN(Cc4ccccc4)CC3)c(C(=O)NC3CCCCC3)c2)cc1. The molecule has 0 atom stereocenters. The third-order valence-electron chi connectivity index (χ3n) is 8.06. The van der Waals surface area contributed by atoms with Gasteiger partial charge in [0, 0.05) is 55.8 Å². The van der Waals surface area contributed by atoms with Gasteiger partial charge in [0.1, 0.15) is 0 Å². The number of anilines is 3. The van der Waals surface area contributed by atoms with Gasteiger partial charge < -0.3 is 25.6 Å². The van der Waals surface area contributed by atoms with Crippen LogP contribution in [-0.4, -0.2) is 61.6 Å². The highest BCUT2D eigenvalue weighted by atomic mass is 16.5. The lowest BCUT2D eigenvalue weighted by molar-refractivity contribution is 0.0526. The molecule has 9 heteroatoms. The molecule has 1 aliphatic heterocycles. The first-order chi connectivity index (χ1) is 21.0. The second-order valence-corrected chi connectivity index (χ2v) is 11.2. The fraction of sp³-hybridized carbons (Fsp3) is 0.382. The number of hydrogen-bond donors (Lipinski definition) is 3. The van der Waals surface area contributed by atoms with Crippen LogP contribution < -0.4 is 20.9 Å². The molecule has 3 N–H and O–H groups in total. The Labute approximate surface area is 253 Å². The fourth-order valence-electron chi connectivity index (χ4n) is 5.77. The minimum atomic E-state index is -0.440. The summed E-state index contributed by atoms with van der Waals surface area (Å²) in [6, 6.07) is 22.3. The van der Waals surface area contributed by atoms with E-state index in [-0.39, 0.29) is 11.9 Å². The standard InChI is InChI=1S/C34H41N5O4/c1-2-43-33(41)26-13-15-28(16-14-26)36-34(42)37-29-17-18-31(30(23-29)32(40)35-27-11-7-4-8-12-27)39-21-19-38(20-22-39)24-25-9-5-3-6-10-25/h3,5-6,9-10,13-18,23,27H,2,4,7-8,11-12,19-22,24H2,1H3,(H,35,40)(H2,36,37,42). The van der Waals surface area contributed by atoms with Crippen molar-refractivity contribution in [3.63, 3.8) is 0 Å². The van der Waals surface area contributed by atoms with Crippen molar-refractivity contribution in [2.45, 2.75) is 51.6 Å². The second-order valence-electron chi connectivity index (χ2n) is 11.2. The van der Waals surface area contributed by atoms with E-state index in [4.69, 9.17) is 4.74 Å².